The summed E-state index contributed by atoms with van der Waals surface area (Å²) in [5.41, 5.74) is 5.86. The van der Waals surface area contributed by atoms with Gasteiger partial charge in [0.25, 0.3) is 5.91 Å². The average molecular weight is 647 g/mol. The van der Waals surface area contributed by atoms with Crippen molar-refractivity contribution in [3.05, 3.63) is 121 Å². The first-order valence-electron chi connectivity index (χ1n) is 14.6. The molecular weight excluding hydrogens is 613 g/mol. The lowest BCUT2D eigenvalue weighted by atomic mass is 9.91. The Morgan fingerprint density at radius 3 is 2.52 bits per heavy atom. The zero-order valence-corrected chi connectivity index (χ0v) is 27.3. The minimum atomic E-state index is -0.580. The van der Waals surface area contributed by atoms with E-state index in [2.05, 4.69) is 54.2 Å². The molecule has 2 atom stereocenters. The molecular formula is C35H33Cl2N3O3S. The monoisotopic (exact) mass is 645 g/mol. The maximum atomic E-state index is 14.2. The lowest BCUT2D eigenvalue weighted by Gasteiger charge is -2.39. The summed E-state index contributed by atoms with van der Waals surface area (Å²) in [5, 5.41) is 5.47. The third kappa shape index (κ3) is 5.65. The van der Waals surface area contributed by atoms with E-state index in [-0.39, 0.29) is 18.0 Å². The number of carbonyl (C=O) groups excluding carboxylic acids is 2. The number of fused-ring (bicyclic) bond motifs is 2. The number of nitrogens with zero attached hydrogens (tertiary/aromatic N) is 2. The number of aromatic nitrogens is 1. The Balaban J connectivity index is 1.39. The number of nitrogens with one attached hydrogen (secondary N) is 1. The number of para-hydroxylation sites is 1. The third-order valence-electron chi connectivity index (χ3n) is 8.09. The van der Waals surface area contributed by atoms with Gasteiger partial charge in [0, 0.05) is 34.9 Å². The van der Waals surface area contributed by atoms with Crippen molar-refractivity contribution in [1.29, 1.82) is 0 Å². The molecule has 6 nitrogen and oxygen atoms in total. The molecule has 1 N–H and O–H groups in total. The molecule has 44 heavy (non-hydrogen) atoms. The Morgan fingerprint density at radius 1 is 1.07 bits per heavy atom. The Kier molecular flexibility index (Phi) is 8.55. The van der Waals surface area contributed by atoms with E-state index < -0.39 is 12.0 Å². The van der Waals surface area contributed by atoms with E-state index >= 15 is 0 Å². The van der Waals surface area contributed by atoms with E-state index in [9.17, 15) is 9.59 Å². The standard InChI is InChI=1S/C35H33Cl2N3O3S/c1-5-43-34(42)31-21(4)38-35-40(32(31)24-13-11-23(12-14-24)20(2)3)33(41)30(44-35)17-25-19-39(29-9-7-6-8-26(25)29)18-22-10-15-27(36)28(37)16-22/h6-17,19-20,32,35,38H,5,18H2,1-4H3/b30-17-/t32-,35+/m0/s1. The molecule has 0 unspecified atom stereocenters. The second kappa shape index (κ2) is 12.4. The number of halogens is 2. The normalized spacial score (nSPS) is 19.2. The molecule has 226 valence electrons. The molecule has 2 aliphatic rings. The minimum Gasteiger partial charge on any atom is -0.463 e. The summed E-state index contributed by atoms with van der Waals surface area (Å²) in [5.74, 6) is -0.195. The van der Waals surface area contributed by atoms with Crippen LogP contribution in [0.3, 0.4) is 0 Å². The van der Waals surface area contributed by atoms with Crippen LogP contribution in [0.25, 0.3) is 17.0 Å². The number of thioether (sulfide) groups is 1. The van der Waals surface area contributed by atoms with Crippen LogP contribution in [0.4, 0.5) is 0 Å². The van der Waals surface area contributed by atoms with Gasteiger partial charge in [-0.25, -0.2) is 4.79 Å². The smallest absolute Gasteiger partial charge is 0.338 e. The molecule has 2 aliphatic heterocycles. The Bertz CT molecular complexity index is 1830. The van der Waals surface area contributed by atoms with E-state index in [1.54, 1.807) is 17.9 Å². The van der Waals surface area contributed by atoms with Crippen LogP contribution in [0, 0.1) is 0 Å². The van der Waals surface area contributed by atoms with Crippen LogP contribution in [-0.2, 0) is 20.9 Å². The van der Waals surface area contributed by atoms with Gasteiger partial charge < -0.3 is 14.6 Å². The second-order valence-corrected chi connectivity index (χ2v) is 13.2. The van der Waals surface area contributed by atoms with Gasteiger partial charge in [-0.05, 0) is 60.7 Å². The fraction of sp³-hybridized carbons (Fsp3) is 0.257. The maximum Gasteiger partial charge on any atom is 0.338 e. The van der Waals surface area contributed by atoms with Gasteiger partial charge in [-0.2, -0.15) is 0 Å². The molecule has 1 saturated heterocycles. The quantitative estimate of drug-likeness (QED) is 0.161. The van der Waals surface area contributed by atoms with Crippen LogP contribution in [-0.4, -0.2) is 33.4 Å². The summed E-state index contributed by atoms with van der Waals surface area (Å²) < 4.78 is 7.62. The molecule has 0 bridgehead atoms. The predicted molar refractivity (Wildman–Crippen MR) is 179 cm³/mol. The van der Waals surface area contributed by atoms with Crippen molar-refractivity contribution in [2.45, 2.75) is 51.7 Å². The summed E-state index contributed by atoms with van der Waals surface area (Å²) in [6, 6.07) is 21.4. The number of amides is 1. The fourth-order valence-electron chi connectivity index (χ4n) is 5.88. The van der Waals surface area contributed by atoms with Gasteiger partial charge in [0.05, 0.1) is 33.2 Å². The molecule has 0 radical (unpaired) electrons. The molecule has 0 saturated carbocycles. The molecule has 1 aromatic heterocycles. The molecule has 6 rings (SSSR count). The SMILES string of the molecule is CCOC(=O)C1=C(C)N[C@H]2S/C(=C\c3cn(Cc4ccc(Cl)c(Cl)c4)c4ccccc34)C(=O)N2[C@H]1c1ccc(C(C)C)cc1. The van der Waals surface area contributed by atoms with Crippen molar-refractivity contribution in [2.75, 3.05) is 6.61 Å². The summed E-state index contributed by atoms with van der Waals surface area (Å²) in [4.78, 5) is 29.9. The summed E-state index contributed by atoms with van der Waals surface area (Å²) in [6.07, 6.45) is 4.02. The number of carbonyl (C=O) groups is 2. The number of hydrogen-bond donors (Lipinski definition) is 1. The van der Waals surface area contributed by atoms with Crippen LogP contribution in [0.5, 0.6) is 0 Å². The Hall–Kier alpha value is -3.65. The van der Waals surface area contributed by atoms with Gasteiger partial charge in [-0.15, -0.1) is 0 Å². The van der Waals surface area contributed by atoms with Crippen molar-refractivity contribution < 1.29 is 14.3 Å². The van der Waals surface area contributed by atoms with Crippen LogP contribution in [0.15, 0.2) is 89.1 Å². The van der Waals surface area contributed by atoms with E-state index in [0.29, 0.717) is 38.7 Å². The van der Waals surface area contributed by atoms with Gasteiger partial charge in [0.15, 0.2) is 5.50 Å². The number of esters is 1. The first kappa shape index (κ1) is 30.4. The molecule has 0 spiro atoms. The van der Waals surface area contributed by atoms with Crippen LogP contribution in [0.1, 0.15) is 61.9 Å². The van der Waals surface area contributed by atoms with Gasteiger partial charge >= 0.3 is 5.97 Å². The van der Waals surface area contributed by atoms with Crippen LogP contribution in [0.2, 0.25) is 10.0 Å². The lowest BCUT2D eigenvalue weighted by molar-refractivity contribution is -0.140. The van der Waals surface area contributed by atoms with Crippen molar-refractivity contribution >= 4 is 63.8 Å². The predicted octanol–water partition coefficient (Wildman–Crippen LogP) is 8.50. The molecule has 4 aromatic rings. The van der Waals surface area contributed by atoms with Crippen molar-refractivity contribution in [1.82, 2.24) is 14.8 Å². The van der Waals surface area contributed by atoms with Gasteiger partial charge in [0.1, 0.15) is 0 Å². The number of hydrogen-bond acceptors (Lipinski definition) is 5. The highest BCUT2D eigenvalue weighted by Crippen LogP contribution is 2.47. The van der Waals surface area contributed by atoms with Crippen LogP contribution < -0.4 is 5.32 Å². The number of benzene rings is 3. The maximum absolute atomic E-state index is 14.2. The minimum absolute atomic E-state index is 0.138. The van der Waals surface area contributed by atoms with Gasteiger partial charge in [-0.1, -0.05) is 97.3 Å². The Morgan fingerprint density at radius 2 is 1.82 bits per heavy atom. The molecule has 1 amide bonds. The Labute approximate surface area is 271 Å². The van der Waals surface area contributed by atoms with Crippen LogP contribution >= 0.6 is 35.0 Å². The molecule has 3 heterocycles. The van der Waals surface area contributed by atoms with Crippen molar-refractivity contribution in [2.24, 2.45) is 0 Å². The largest absolute Gasteiger partial charge is 0.463 e. The molecule has 0 aliphatic carbocycles. The molecule has 3 aromatic carbocycles. The van der Waals surface area contributed by atoms with E-state index in [4.69, 9.17) is 27.9 Å². The molecule has 1 fully saturated rings. The highest BCUT2D eigenvalue weighted by atomic mass is 35.5. The first-order valence-corrected chi connectivity index (χ1v) is 16.3. The van der Waals surface area contributed by atoms with Crippen molar-refractivity contribution in [3.8, 4) is 0 Å². The van der Waals surface area contributed by atoms with Gasteiger partial charge in [-0.3, -0.25) is 9.69 Å². The van der Waals surface area contributed by atoms with Crippen molar-refractivity contribution in [3.63, 3.8) is 0 Å². The summed E-state index contributed by atoms with van der Waals surface area (Å²) in [7, 11) is 0. The number of rotatable bonds is 7. The lowest BCUT2D eigenvalue weighted by Crippen LogP contribution is -2.49. The van der Waals surface area contributed by atoms with E-state index in [0.717, 1.165) is 27.6 Å². The molecule has 9 heteroatoms. The van der Waals surface area contributed by atoms with E-state index in [1.165, 1.54) is 17.3 Å². The second-order valence-electron chi connectivity index (χ2n) is 11.3. The zero-order chi connectivity index (χ0) is 31.1. The fourth-order valence-corrected chi connectivity index (χ4v) is 7.41. The highest BCUT2D eigenvalue weighted by molar-refractivity contribution is 8.05. The highest BCUT2D eigenvalue weighted by Gasteiger charge is 2.48. The topological polar surface area (TPSA) is 63.6 Å². The summed E-state index contributed by atoms with van der Waals surface area (Å²) >= 11 is 13.9. The third-order valence-corrected chi connectivity index (χ3v) is 9.94. The number of allylic oxidation sites excluding steroid dienone is 1. The first-order chi connectivity index (χ1) is 21.2. The van der Waals surface area contributed by atoms with E-state index in [1.807, 2.05) is 49.4 Å². The number of ether oxygens (including phenoxy) is 1. The summed E-state index contributed by atoms with van der Waals surface area (Å²) in [6.45, 7) is 8.79. The van der Waals surface area contributed by atoms with Gasteiger partial charge in [0.2, 0.25) is 0 Å². The average Bonchev–Trinajstić information content (AvgIpc) is 3.50. The zero-order valence-electron chi connectivity index (χ0n) is 24.9.